The first kappa shape index (κ1) is 17.1. The fraction of sp³-hybridized carbons (Fsp3) is 0.600. The van der Waals surface area contributed by atoms with Crippen molar-refractivity contribution in [1.29, 1.82) is 0 Å². The molecule has 0 bridgehead atoms. The van der Waals surface area contributed by atoms with Crippen molar-refractivity contribution in [3.05, 3.63) is 29.8 Å². The molecule has 0 saturated heterocycles. The molecule has 1 aromatic rings. The number of hydrogen-bond acceptors (Lipinski definition) is 4. The summed E-state index contributed by atoms with van der Waals surface area (Å²) in [4.78, 5) is 2.56. The van der Waals surface area contributed by atoms with Gasteiger partial charge in [-0.1, -0.05) is 32.9 Å². The second-order valence-corrected chi connectivity index (χ2v) is 7.56. The van der Waals surface area contributed by atoms with Gasteiger partial charge in [0.25, 0.3) is 0 Å². The maximum absolute atomic E-state index is 12.3. The average molecular weight is 298 g/mol. The van der Waals surface area contributed by atoms with Crippen molar-refractivity contribution >= 4 is 9.84 Å². The first-order valence-electron chi connectivity index (χ1n) is 7.13. The van der Waals surface area contributed by atoms with Crippen LogP contribution in [0.4, 0.5) is 0 Å². The molecule has 0 heterocycles. The Morgan fingerprint density at radius 2 is 1.80 bits per heavy atom. The van der Waals surface area contributed by atoms with Crippen LogP contribution in [0.2, 0.25) is 0 Å². The number of sulfone groups is 1. The van der Waals surface area contributed by atoms with Crippen molar-refractivity contribution in [2.24, 2.45) is 11.7 Å². The highest BCUT2D eigenvalue weighted by Crippen LogP contribution is 2.13. The van der Waals surface area contributed by atoms with Gasteiger partial charge in [-0.25, -0.2) is 8.42 Å². The van der Waals surface area contributed by atoms with Gasteiger partial charge in [-0.2, -0.15) is 0 Å². The Kier molecular flexibility index (Phi) is 6.65. The third-order valence-electron chi connectivity index (χ3n) is 3.26. The summed E-state index contributed by atoms with van der Waals surface area (Å²) in [5, 5.41) is 0. The minimum absolute atomic E-state index is 0.162. The van der Waals surface area contributed by atoms with Crippen LogP contribution >= 0.6 is 0 Å². The van der Waals surface area contributed by atoms with E-state index < -0.39 is 9.84 Å². The van der Waals surface area contributed by atoms with E-state index in [0.717, 1.165) is 18.7 Å². The topological polar surface area (TPSA) is 63.4 Å². The van der Waals surface area contributed by atoms with E-state index in [2.05, 4.69) is 25.7 Å². The average Bonchev–Trinajstić information content (AvgIpc) is 2.43. The quantitative estimate of drug-likeness (QED) is 0.796. The lowest BCUT2D eigenvalue weighted by Gasteiger charge is -2.22. The molecule has 0 aliphatic rings. The molecule has 20 heavy (non-hydrogen) atoms. The van der Waals surface area contributed by atoms with Crippen LogP contribution in [-0.4, -0.2) is 38.7 Å². The fourth-order valence-corrected chi connectivity index (χ4v) is 3.38. The Morgan fingerprint density at radius 1 is 1.20 bits per heavy atom. The summed E-state index contributed by atoms with van der Waals surface area (Å²) < 4.78 is 24.6. The van der Waals surface area contributed by atoms with Gasteiger partial charge < -0.3 is 10.6 Å². The Balaban J connectivity index is 2.68. The Morgan fingerprint density at radius 3 is 2.25 bits per heavy atom. The van der Waals surface area contributed by atoms with Crippen LogP contribution in [0.5, 0.6) is 0 Å². The third-order valence-corrected chi connectivity index (χ3v) is 4.98. The first-order valence-corrected chi connectivity index (χ1v) is 8.78. The molecule has 1 aromatic carbocycles. The van der Waals surface area contributed by atoms with E-state index in [4.69, 9.17) is 5.73 Å². The van der Waals surface area contributed by atoms with Gasteiger partial charge in [-0.15, -0.1) is 0 Å². The Labute approximate surface area is 122 Å². The number of hydrogen-bond donors (Lipinski definition) is 1. The number of benzene rings is 1. The van der Waals surface area contributed by atoms with Crippen molar-refractivity contribution in [1.82, 2.24) is 4.90 Å². The maximum atomic E-state index is 12.3. The van der Waals surface area contributed by atoms with Crippen molar-refractivity contribution in [3.63, 3.8) is 0 Å². The minimum atomic E-state index is -3.21. The lowest BCUT2D eigenvalue weighted by atomic mass is 10.2. The fourth-order valence-electron chi connectivity index (χ4n) is 2.09. The standard InChI is InChI=1S/C15H26N2O2S/c1-4-17(12-13(2)3)9-10-20(18,19)15-7-5-14(11-16)6-8-15/h5-8,13H,4,9-12,16H2,1-3H3. The highest BCUT2D eigenvalue weighted by Gasteiger charge is 2.16. The second-order valence-electron chi connectivity index (χ2n) is 5.45. The Bertz CT molecular complexity index is 495. The zero-order chi connectivity index (χ0) is 15.2. The van der Waals surface area contributed by atoms with E-state index >= 15 is 0 Å². The molecule has 0 spiro atoms. The molecule has 0 atom stereocenters. The maximum Gasteiger partial charge on any atom is 0.179 e. The number of nitrogens with zero attached hydrogens (tertiary/aromatic N) is 1. The molecule has 1 rings (SSSR count). The molecule has 5 heteroatoms. The number of nitrogens with two attached hydrogens (primary N) is 1. The normalized spacial score (nSPS) is 12.3. The molecule has 0 radical (unpaired) electrons. The van der Waals surface area contributed by atoms with Gasteiger partial charge in [0.2, 0.25) is 0 Å². The van der Waals surface area contributed by atoms with Crippen molar-refractivity contribution < 1.29 is 8.42 Å². The summed E-state index contributed by atoms with van der Waals surface area (Å²) in [6.07, 6.45) is 0. The van der Waals surface area contributed by atoms with Gasteiger partial charge in [0.1, 0.15) is 0 Å². The summed E-state index contributed by atoms with van der Waals surface area (Å²) >= 11 is 0. The van der Waals surface area contributed by atoms with Gasteiger partial charge in [0.05, 0.1) is 10.6 Å². The molecule has 0 amide bonds. The summed E-state index contributed by atoms with van der Waals surface area (Å²) in [6, 6.07) is 6.85. The predicted molar refractivity (Wildman–Crippen MR) is 83.3 cm³/mol. The van der Waals surface area contributed by atoms with E-state index in [-0.39, 0.29) is 5.75 Å². The van der Waals surface area contributed by atoms with E-state index in [1.54, 1.807) is 24.3 Å². The van der Waals surface area contributed by atoms with Crippen LogP contribution in [0, 0.1) is 5.92 Å². The first-order chi connectivity index (χ1) is 9.39. The van der Waals surface area contributed by atoms with Crippen LogP contribution in [0.25, 0.3) is 0 Å². The second kappa shape index (κ2) is 7.76. The van der Waals surface area contributed by atoms with E-state index in [1.165, 1.54) is 0 Å². The van der Waals surface area contributed by atoms with Gasteiger partial charge >= 0.3 is 0 Å². The van der Waals surface area contributed by atoms with E-state index in [0.29, 0.717) is 23.9 Å². The van der Waals surface area contributed by atoms with Crippen molar-refractivity contribution in [2.75, 3.05) is 25.4 Å². The largest absolute Gasteiger partial charge is 0.326 e. The molecule has 4 nitrogen and oxygen atoms in total. The smallest absolute Gasteiger partial charge is 0.179 e. The summed E-state index contributed by atoms with van der Waals surface area (Å²) in [7, 11) is -3.21. The minimum Gasteiger partial charge on any atom is -0.326 e. The molecule has 0 aromatic heterocycles. The highest BCUT2D eigenvalue weighted by molar-refractivity contribution is 7.91. The molecular formula is C15H26N2O2S. The molecule has 0 aliphatic heterocycles. The van der Waals surface area contributed by atoms with Crippen molar-refractivity contribution in [2.45, 2.75) is 32.2 Å². The van der Waals surface area contributed by atoms with E-state index in [9.17, 15) is 8.42 Å². The molecule has 114 valence electrons. The molecular weight excluding hydrogens is 272 g/mol. The summed E-state index contributed by atoms with van der Waals surface area (Å²) in [5.74, 6) is 0.705. The van der Waals surface area contributed by atoms with Gasteiger partial charge in [-0.05, 0) is 30.2 Å². The molecule has 0 fully saturated rings. The van der Waals surface area contributed by atoms with Crippen LogP contribution in [0.3, 0.4) is 0 Å². The van der Waals surface area contributed by atoms with Crippen LogP contribution in [-0.2, 0) is 16.4 Å². The van der Waals surface area contributed by atoms with Crippen LogP contribution < -0.4 is 5.73 Å². The third kappa shape index (κ3) is 5.23. The molecule has 2 N–H and O–H groups in total. The zero-order valence-corrected chi connectivity index (χ0v) is 13.5. The van der Waals surface area contributed by atoms with Gasteiger partial charge in [-0.3, -0.25) is 0 Å². The lowest BCUT2D eigenvalue weighted by molar-refractivity contribution is 0.270. The van der Waals surface area contributed by atoms with E-state index in [1.807, 2.05) is 0 Å². The molecule has 0 unspecified atom stereocenters. The van der Waals surface area contributed by atoms with Gasteiger partial charge in [0, 0.05) is 19.6 Å². The SMILES string of the molecule is CCN(CCS(=O)(=O)c1ccc(CN)cc1)CC(C)C. The van der Waals surface area contributed by atoms with Crippen LogP contribution in [0.1, 0.15) is 26.3 Å². The highest BCUT2D eigenvalue weighted by atomic mass is 32.2. The Hall–Kier alpha value is -0.910. The summed E-state index contributed by atoms with van der Waals surface area (Å²) in [5.41, 5.74) is 6.46. The monoisotopic (exact) mass is 298 g/mol. The molecule has 0 aliphatic carbocycles. The lowest BCUT2D eigenvalue weighted by Crippen LogP contribution is -2.32. The van der Waals surface area contributed by atoms with Crippen LogP contribution in [0.15, 0.2) is 29.2 Å². The number of rotatable bonds is 8. The summed E-state index contributed by atoms with van der Waals surface area (Å²) in [6.45, 7) is 9.16. The molecule has 0 saturated carbocycles. The predicted octanol–water partition coefficient (Wildman–Crippen LogP) is 1.90. The zero-order valence-electron chi connectivity index (χ0n) is 12.7. The van der Waals surface area contributed by atoms with Crippen molar-refractivity contribution in [3.8, 4) is 0 Å². The van der Waals surface area contributed by atoms with Gasteiger partial charge in [0.15, 0.2) is 9.84 Å².